The van der Waals surface area contributed by atoms with Crippen LogP contribution in [0, 0.1) is 0 Å². The summed E-state index contributed by atoms with van der Waals surface area (Å²) in [5.41, 5.74) is 0.748. The van der Waals surface area contributed by atoms with Crippen LogP contribution in [-0.2, 0) is 0 Å². The van der Waals surface area contributed by atoms with E-state index in [1.54, 1.807) is 48.5 Å². The second-order valence-electron chi connectivity index (χ2n) is 6.49. The molecule has 0 unspecified atom stereocenters. The molecule has 2 N–H and O–H groups in total. The topological polar surface area (TPSA) is 67.4 Å². The van der Waals surface area contributed by atoms with E-state index in [2.05, 4.69) is 10.6 Å². The van der Waals surface area contributed by atoms with Gasteiger partial charge in [-0.15, -0.1) is 0 Å². The van der Waals surface area contributed by atoms with Crippen molar-refractivity contribution in [1.82, 2.24) is 5.32 Å². The number of hydrogen-bond acceptors (Lipinski definition) is 3. The number of carbonyl (C=O) groups is 2. The quantitative estimate of drug-likeness (QED) is 0.413. The van der Waals surface area contributed by atoms with Crippen LogP contribution in [0.2, 0.25) is 5.02 Å². The van der Waals surface area contributed by atoms with Gasteiger partial charge in [0.1, 0.15) is 11.5 Å². The summed E-state index contributed by atoms with van der Waals surface area (Å²) in [4.78, 5) is 24.3. The van der Waals surface area contributed by atoms with Crippen molar-refractivity contribution in [1.29, 1.82) is 0 Å². The number of benzene rings is 4. The highest BCUT2D eigenvalue weighted by molar-refractivity contribution is 6.34. The van der Waals surface area contributed by atoms with E-state index in [0.717, 1.165) is 16.5 Å². The molecule has 0 radical (unpaired) electrons. The Hall–Kier alpha value is -3.83. The SMILES string of the molecule is O=C(NC(=O)c1ccccc1Cl)Nc1ccc(Oc2cccc3ccccc23)cc1. The molecular weight excluding hydrogens is 400 g/mol. The van der Waals surface area contributed by atoms with Gasteiger partial charge in [0.05, 0.1) is 10.6 Å². The molecular formula is C24H17ClN2O3. The van der Waals surface area contributed by atoms with Gasteiger partial charge in [-0.1, -0.05) is 60.1 Å². The number of imide groups is 1. The molecule has 0 atom stereocenters. The zero-order chi connectivity index (χ0) is 20.9. The van der Waals surface area contributed by atoms with E-state index in [1.165, 1.54) is 0 Å². The largest absolute Gasteiger partial charge is 0.457 e. The molecule has 0 bridgehead atoms. The number of urea groups is 1. The first kappa shape index (κ1) is 19.5. The van der Waals surface area contributed by atoms with Gasteiger partial charge in [-0.2, -0.15) is 0 Å². The maximum Gasteiger partial charge on any atom is 0.326 e. The lowest BCUT2D eigenvalue weighted by molar-refractivity contribution is 0.0967. The Kier molecular flexibility index (Phi) is 5.63. The Bertz CT molecular complexity index is 1220. The molecule has 0 fully saturated rings. The van der Waals surface area contributed by atoms with Crippen LogP contribution in [0.4, 0.5) is 10.5 Å². The maximum absolute atomic E-state index is 12.2. The molecule has 0 saturated carbocycles. The molecule has 4 rings (SSSR count). The minimum absolute atomic E-state index is 0.230. The number of amides is 3. The predicted octanol–water partition coefficient (Wildman–Crippen LogP) is 6.25. The summed E-state index contributed by atoms with van der Waals surface area (Å²) in [6, 6.07) is 26.6. The predicted molar refractivity (Wildman–Crippen MR) is 118 cm³/mol. The molecule has 0 heterocycles. The normalized spacial score (nSPS) is 10.4. The van der Waals surface area contributed by atoms with Crippen LogP contribution in [0.25, 0.3) is 10.8 Å². The second-order valence-corrected chi connectivity index (χ2v) is 6.90. The number of nitrogens with one attached hydrogen (secondary N) is 2. The Balaban J connectivity index is 1.40. The Morgan fingerprint density at radius 1 is 0.767 bits per heavy atom. The van der Waals surface area contributed by atoms with Gasteiger partial charge in [-0.3, -0.25) is 10.1 Å². The first-order valence-corrected chi connectivity index (χ1v) is 9.60. The van der Waals surface area contributed by atoms with Gasteiger partial charge < -0.3 is 10.1 Å². The van der Waals surface area contributed by atoms with E-state index >= 15 is 0 Å². The molecule has 6 heteroatoms. The fourth-order valence-electron chi connectivity index (χ4n) is 3.00. The van der Waals surface area contributed by atoms with Gasteiger partial charge in [0, 0.05) is 11.1 Å². The highest BCUT2D eigenvalue weighted by atomic mass is 35.5. The van der Waals surface area contributed by atoms with E-state index in [1.807, 2.05) is 42.5 Å². The maximum atomic E-state index is 12.2. The van der Waals surface area contributed by atoms with Gasteiger partial charge in [-0.05, 0) is 47.9 Å². The fraction of sp³-hybridized carbons (Fsp3) is 0. The molecule has 5 nitrogen and oxygen atoms in total. The van der Waals surface area contributed by atoms with Crippen LogP contribution in [0.5, 0.6) is 11.5 Å². The third kappa shape index (κ3) is 4.42. The van der Waals surface area contributed by atoms with Gasteiger partial charge in [0.15, 0.2) is 0 Å². The number of halogens is 1. The van der Waals surface area contributed by atoms with Gasteiger partial charge in [0.2, 0.25) is 0 Å². The van der Waals surface area contributed by atoms with Crippen LogP contribution >= 0.6 is 11.6 Å². The van der Waals surface area contributed by atoms with Crippen molar-refractivity contribution in [3.8, 4) is 11.5 Å². The summed E-state index contributed by atoms with van der Waals surface area (Å²) >= 11 is 5.98. The number of rotatable bonds is 4. The van der Waals surface area contributed by atoms with Crippen molar-refractivity contribution in [2.45, 2.75) is 0 Å². The van der Waals surface area contributed by atoms with Crippen molar-refractivity contribution in [2.75, 3.05) is 5.32 Å². The van der Waals surface area contributed by atoms with Crippen molar-refractivity contribution in [3.63, 3.8) is 0 Å². The number of ether oxygens (including phenoxy) is 1. The number of carbonyl (C=O) groups excluding carboxylic acids is 2. The second kappa shape index (κ2) is 8.68. The summed E-state index contributed by atoms with van der Waals surface area (Å²) in [6.45, 7) is 0. The number of fused-ring (bicyclic) bond motifs is 1. The van der Waals surface area contributed by atoms with Crippen LogP contribution in [0.15, 0.2) is 91.0 Å². The zero-order valence-corrected chi connectivity index (χ0v) is 16.5. The zero-order valence-electron chi connectivity index (χ0n) is 15.8. The summed E-state index contributed by atoms with van der Waals surface area (Å²) in [5, 5.41) is 7.25. The molecule has 0 aliphatic carbocycles. The molecule has 4 aromatic carbocycles. The van der Waals surface area contributed by atoms with E-state index in [-0.39, 0.29) is 10.6 Å². The van der Waals surface area contributed by atoms with Crippen molar-refractivity contribution < 1.29 is 14.3 Å². The van der Waals surface area contributed by atoms with E-state index in [0.29, 0.717) is 11.4 Å². The van der Waals surface area contributed by atoms with Crippen LogP contribution in [-0.4, -0.2) is 11.9 Å². The van der Waals surface area contributed by atoms with E-state index in [9.17, 15) is 9.59 Å². The summed E-state index contributed by atoms with van der Waals surface area (Å²) in [7, 11) is 0. The first-order valence-electron chi connectivity index (χ1n) is 9.23. The van der Waals surface area contributed by atoms with Crippen LogP contribution in [0.1, 0.15) is 10.4 Å². The first-order chi connectivity index (χ1) is 14.6. The van der Waals surface area contributed by atoms with Crippen molar-refractivity contribution >= 4 is 40.0 Å². The highest BCUT2D eigenvalue weighted by Crippen LogP contribution is 2.30. The van der Waals surface area contributed by atoms with Crippen LogP contribution in [0.3, 0.4) is 0 Å². The highest BCUT2D eigenvalue weighted by Gasteiger charge is 2.13. The third-order valence-electron chi connectivity index (χ3n) is 4.44. The Morgan fingerprint density at radius 3 is 2.27 bits per heavy atom. The average molecular weight is 417 g/mol. The van der Waals surface area contributed by atoms with E-state index in [4.69, 9.17) is 16.3 Å². The minimum atomic E-state index is -0.650. The Labute approximate surface area is 178 Å². The van der Waals surface area contributed by atoms with Crippen LogP contribution < -0.4 is 15.4 Å². The summed E-state index contributed by atoms with van der Waals surface area (Å²) in [5.74, 6) is 0.801. The lowest BCUT2D eigenvalue weighted by atomic mass is 10.1. The molecule has 0 aliphatic heterocycles. The smallest absolute Gasteiger partial charge is 0.326 e. The molecule has 148 valence electrons. The van der Waals surface area contributed by atoms with Crippen molar-refractivity contribution in [2.24, 2.45) is 0 Å². The van der Waals surface area contributed by atoms with E-state index < -0.39 is 11.9 Å². The minimum Gasteiger partial charge on any atom is -0.457 e. The van der Waals surface area contributed by atoms with Crippen molar-refractivity contribution in [3.05, 3.63) is 102 Å². The number of hydrogen-bond donors (Lipinski definition) is 2. The molecule has 0 aromatic heterocycles. The molecule has 3 amide bonds. The standard InChI is InChI=1S/C24H17ClN2O3/c25-21-10-4-3-9-20(21)23(28)27-24(29)26-17-12-14-18(15-13-17)30-22-11-5-7-16-6-1-2-8-19(16)22/h1-15H,(H2,26,27,28,29). The van der Waals surface area contributed by atoms with Gasteiger partial charge >= 0.3 is 6.03 Å². The monoisotopic (exact) mass is 416 g/mol. The number of anilines is 1. The lowest BCUT2D eigenvalue weighted by Crippen LogP contribution is -2.34. The average Bonchev–Trinajstić information content (AvgIpc) is 2.75. The third-order valence-corrected chi connectivity index (χ3v) is 4.76. The summed E-state index contributed by atoms with van der Waals surface area (Å²) in [6.07, 6.45) is 0. The van der Waals surface area contributed by atoms with Gasteiger partial charge in [0.25, 0.3) is 5.91 Å². The molecule has 30 heavy (non-hydrogen) atoms. The molecule has 4 aromatic rings. The summed E-state index contributed by atoms with van der Waals surface area (Å²) < 4.78 is 5.99. The molecule has 0 spiro atoms. The molecule has 0 aliphatic rings. The lowest BCUT2D eigenvalue weighted by Gasteiger charge is -2.11. The molecule has 0 saturated heterocycles. The van der Waals surface area contributed by atoms with Gasteiger partial charge in [-0.25, -0.2) is 4.79 Å². The Morgan fingerprint density at radius 2 is 1.47 bits per heavy atom. The fourth-order valence-corrected chi connectivity index (χ4v) is 3.22.